The third-order valence-corrected chi connectivity index (χ3v) is 16.2. The van der Waals surface area contributed by atoms with Gasteiger partial charge in [0.25, 0.3) is 0 Å². The van der Waals surface area contributed by atoms with Gasteiger partial charge >= 0.3 is 11.9 Å². The van der Waals surface area contributed by atoms with Gasteiger partial charge in [-0.2, -0.15) is 0 Å². The number of aliphatic hydroxyl groups is 2. The van der Waals surface area contributed by atoms with Crippen LogP contribution in [0.1, 0.15) is 64.5 Å². The topological polar surface area (TPSA) is 167 Å². The second kappa shape index (κ2) is 13.1. The van der Waals surface area contributed by atoms with Crippen molar-refractivity contribution in [3.8, 4) is 11.5 Å². The minimum absolute atomic E-state index is 0.00729. The highest BCUT2D eigenvalue weighted by molar-refractivity contribution is 6.01. The maximum atomic E-state index is 17.7. The van der Waals surface area contributed by atoms with Crippen molar-refractivity contribution >= 4 is 23.5 Å². The molecule has 6 aliphatic carbocycles. The van der Waals surface area contributed by atoms with E-state index in [1.165, 1.54) is 19.1 Å². The molecular weight excluding hydrogens is 784 g/mol. The summed E-state index contributed by atoms with van der Waals surface area (Å²) in [6.07, 6.45) is 3.10. The number of ether oxygens (including phenoxy) is 6. The van der Waals surface area contributed by atoms with Crippen molar-refractivity contribution < 1.29 is 66.6 Å². The summed E-state index contributed by atoms with van der Waals surface area (Å²) in [6.45, 7) is 5.24. The van der Waals surface area contributed by atoms with Crippen LogP contribution in [0.4, 0.5) is 8.78 Å². The molecule has 1 aromatic rings. The normalized spacial score (nSPS) is 44.7. The summed E-state index contributed by atoms with van der Waals surface area (Å²) in [7, 11) is 2.11. The second-order valence-corrected chi connectivity index (χ2v) is 19.4. The number of ketones is 2. The molecule has 14 atom stereocenters. The van der Waals surface area contributed by atoms with Gasteiger partial charge in [-0.3, -0.25) is 9.59 Å². The molecule has 5 unspecified atom stereocenters. The molecule has 15 heteroatoms. The van der Waals surface area contributed by atoms with Crippen LogP contribution in [0.5, 0.6) is 11.5 Å². The first-order valence-electron chi connectivity index (χ1n) is 21.0. The predicted octanol–water partition coefficient (Wildman–Crippen LogP) is 3.35. The summed E-state index contributed by atoms with van der Waals surface area (Å²) in [6, 6.07) is 3.88. The highest BCUT2D eigenvalue weighted by Crippen LogP contribution is 2.72. The minimum Gasteiger partial charge on any atom is -0.482 e. The van der Waals surface area contributed by atoms with Crippen molar-refractivity contribution in [1.82, 2.24) is 4.90 Å². The molecule has 0 aromatic heterocycles. The van der Waals surface area contributed by atoms with E-state index in [1.807, 2.05) is 6.07 Å². The van der Waals surface area contributed by atoms with E-state index in [1.54, 1.807) is 32.9 Å². The number of carbonyl (C=O) groups excluding carboxylic acids is 4. The molecule has 5 fully saturated rings. The molecule has 3 saturated carbocycles. The standard InChI is InChI=1S/C45H51F2NO12/c1-40(2)59-34-17-25-26-16-28(46)27-15-23(49)10-11-41(27,3)44(26,47)32(51)18-42(25,4)45(34,60-40)33(52)19-56-35(53)20-55-21-36(54)57-31-9-6-22-14-29-24-7-8-30(50)39-43(24,12-13-48(29)5)37(22)38(31)58-39/h6-11,15,24-26,28-30,32,34,39,50-51H,12-14,16-21H2,1-5H3/t24-,25?,26?,28-,29+,30-,32-,34+,39-,41?,42?,43-,44-,45?/m0/s1. The first-order chi connectivity index (χ1) is 28.3. The Balaban J connectivity index is 0.807. The van der Waals surface area contributed by atoms with E-state index in [0.29, 0.717) is 5.75 Å². The molecule has 0 radical (unpaired) electrons. The van der Waals surface area contributed by atoms with Crippen LogP contribution in [-0.2, 0) is 50.0 Å². The molecule has 2 N–H and O–H groups in total. The van der Waals surface area contributed by atoms with Crippen LogP contribution in [0.3, 0.4) is 0 Å². The number of hydrogen-bond donors (Lipinski definition) is 2. The van der Waals surface area contributed by atoms with Crippen molar-refractivity contribution in [2.24, 2.45) is 28.6 Å². The summed E-state index contributed by atoms with van der Waals surface area (Å²) >= 11 is 0. The monoisotopic (exact) mass is 835 g/mol. The fourth-order valence-corrected chi connectivity index (χ4v) is 13.8. The third-order valence-electron chi connectivity index (χ3n) is 16.2. The number of nitrogens with zero attached hydrogens (tertiary/aromatic N) is 1. The number of likely N-dealkylation sites (tertiary alicyclic amines) is 1. The zero-order valence-corrected chi connectivity index (χ0v) is 34.3. The van der Waals surface area contributed by atoms with Crippen molar-refractivity contribution in [3.05, 3.63) is 59.2 Å². The lowest BCUT2D eigenvalue weighted by Gasteiger charge is -2.63. The van der Waals surface area contributed by atoms with Gasteiger partial charge in [0.1, 0.15) is 31.6 Å². The molecule has 10 rings (SSSR count). The van der Waals surface area contributed by atoms with Gasteiger partial charge in [0.15, 0.2) is 40.9 Å². The van der Waals surface area contributed by atoms with E-state index < -0.39 is 119 Å². The number of fused-ring (bicyclic) bond motifs is 7. The molecule has 1 spiro atoms. The van der Waals surface area contributed by atoms with Gasteiger partial charge in [0.05, 0.1) is 12.2 Å². The van der Waals surface area contributed by atoms with Crippen LogP contribution in [0.15, 0.2) is 48.1 Å². The molecule has 60 heavy (non-hydrogen) atoms. The first kappa shape index (κ1) is 40.2. The Morgan fingerprint density at radius 2 is 1.78 bits per heavy atom. The molecule has 9 aliphatic rings. The molecule has 2 saturated heterocycles. The maximum Gasteiger partial charge on any atom is 0.337 e. The first-order valence-corrected chi connectivity index (χ1v) is 21.0. The quantitative estimate of drug-likeness (QED) is 0.223. The van der Waals surface area contributed by atoms with Crippen LogP contribution >= 0.6 is 0 Å². The van der Waals surface area contributed by atoms with E-state index in [4.69, 9.17) is 28.4 Å². The molecule has 0 amide bonds. The van der Waals surface area contributed by atoms with Crippen molar-refractivity contribution in [3.63, 3.8) is 0 Å². The van der Waals surface area contributed by atoms with Gasteiger partial charge in [0, 0.05) is 39.7 Å². The number of alkyl halides is 2. The summed E-state index contributed by atoms with van der Waals surface area (Å²) in [5, 5.41) is 22.8. The molecule has 1 aromatic carbocycles. The summed E-state index contributed by atoms with van der Waals surface area (Å²) in [5.41, 5.74) is -5.40. The van der Waals surface area contributed by atoms with Crippen LogP contribution in [0.25, 0.3) is 0 Å². The van der Waals surface area contributed by atoms with Crippen LogP contribution in [0, 0.1) is 28.6 Å². The number of Topliss-reactive ketones (excluding diaryl/α,β-unsaturated/α-hetero) is 1. The zero-order chi connectivity index (χ0) is 42.5. The Labute approximate surface area is 346 Å². The van der Waals surface area contributed by atoms with Crippen molar-refractivity contribution in [2.75, 3.05) is 33.4 Å². The number of rotatable bonds is 8. The lowest BCUT2D eigenvalue weighted by Crippen LogP contribution is -2.71. The Morgan fingerprint density at radius 3 is 2.57 bits per heavy atom. The van der Waals surface area contributed by atoms with Gasteiger partial charge in [-0.25, -0.2) is 18.4 Å². The number of esters is 2. The zero-order valence-electron chi connectivity index (χ0n) is 34.3. The minimum atomic E-state index is -2.37. The predicted molar refractivity (Wildman–Crippen MR) is 205 cm³/mol. The van der Waals surface area contributed by atoms with Crippen molar-refractivity contribution in [2.45, 2.75) is 119 Å². The summed E-state index contributed by atoms with van der Waals surface area (Å²) in [4.78, 5) is 55.0. The van der Waals surface area contributed by atoms with E-state index in [-0.39, 0.29) is 42.5 Å². The highest BCUT2D eigenvalue weighted by atomic mass is 19.1. The number of allylic oxidation sites excluding steroid dienone is 4. The van der Waals surface area contributed by atoms with Gasteiger partial charge in [0.2, 0.25) is 5.78 Å². The maximum absolute atomic E-state index is 17.7. The molecule has 322 valence electrons. The van der Waals surface area contributed by atoms with E-state index in [9.17, 15) is 29.4 Å². The van der Waals surface area contributed by atoms with Crippen molar-refractivity contribution in [1.29, 1.82) is 0 Å². The lowest BCUT2D eigenvalue weighted by molar-refractivity contribution is -0.249. The highest BCUT2D eigenvalue weighted by Gasteiger charge is 2.81. The number of hydrogen-bond acceptors (Lipinski definition) is 13. The van der Waals surface area contributed by atoms with Gasteiger partial charge in [-0.1, -0.05) is 31.2 Å². The SMILES string of the molecule is CN1CC[C@]23c4c5ccc(OC(=O)COCC(=O)OCC(=O)C67OC(C)(C)O[C@@H]6CC6C8C[C@H](F)C9=CC(=O)C=CC9(C)[C@@]8(F)[C@@H](O)CC67C)c4O[C@H]2[C@@H](O)C=C[C@H]3[C@H]1C5. The summed E-state index contributed by atoms with van der Waals surface area (Å²) in [5.74, 6) is -5.12. The third kappa shape index (κ3) is 5.10. The lowest BCUT2D eigenvalue weighted by atomic mass is 9.44. The molecule has 13 nitrogen and oxygen atoms in total. The fraction of sp³-hybridized carbons (Fsp3) is 0.644. The Hall–Kier alpha value is -3.86. The largest absolute Gasteiger partial charge is 0.482 e. The molecule has 2 bridgehead atoms. The molecule has 3 heterocycles. The number of halogens is 2. The van der Waals surface area contributed by atoms with Gasteiger partial charge < -0.3 is 43.5 Å². The molecular formula is C45H51F2NO12. The van der Waals surface area contributed by atoms with Crippen LogP contribution in [0.2, 0.25) is 0 Å². The van der Waals surface area contributed by atoms with Gasteiger partial charge in [-0.15, -0.1) is 0 Å². The molecule has 3 aliphatic heterocycles. The number of carbonyl (C=O) groups is 4. The number of aliphatic hydroxyl groups excluding tert-OH is 2. The number of benzene rings is 1. The van der Waals surface area contributed by atoms with E-state index in [2.05, 4.69) is 18.0 Å². The smallest absolute Gasteiger partial charge is 0.337 e. The van der Waals surface area contributed by atoms with E-state index in [0.717, 1.165) is 36.6 Å². The summed E-state index contributed by atoms with van der Waals surface area (Å²) < 4.78 is 69.3. The average Bonchev–Trinajstić information content (AvgIpc) is 3.77. The number of likely N-dealkylation sites (N-methyl/N-ethyl adjacent to an activating group) is 1. The van der Waals surface area contributed by atoms with Crippen LogP contribution in [-0.4, -0.2) is 126 Å². The number of piperidine rings is 1. The average molecular weight is 836 g/mol. The Bertz CT molecular complexity index is 2190. The van der Waals surface area contributed by atoms with E-state index >= 15 is 8.78 Å². The Kier molecular flexibility index (Phi) is 8.77. The Morgan fingerprint density at radius 1 is 1.02 bits per heavy atom. The van der Waals surface area contributed by atoms with Crippen LogP contribution < -0.4 is 9.47 Å². The fourth-order valence-electron chi connectivity index (χ4n) is 13.8. The second-order valence-electron chi connectivity index (χ2n) is 19.4. The van der Waals surface area contributed by atoms with Gasteiger partial charge in [-0.05, 0) is 102 Å².